The number of nitrogens with one attached hydrogen (secondary N) is 1. The molecule has 0 amide bonds. The van der Waals surface area contributed by atoms with Crippen molar-refractivity contribution < 1.29 is 0 Å². The van der Waals surface area contributed by atoms with Gasteiger partial charge in [0.25, 0.3) is 0 Å². The zero-order chi connectivity index (χ0) is 26.5. The first kappa shape index (κ1) is 26.2. The maximum Gasteiger partial charge on any atom is 0.353 e. The molecule has 1 aromatic heterocycles. The highest BCUT2D eigenvalue weighted by molar-refractivity contribution is 8.00. The number of aromatic nitrogens is 3. The van der Waals surface area contributed by atoms with E-state index in [1.54, 1.807) is 11.8 Å². The number of allylic oxidation sites excluding steroid dienone is 1. The number of nitrogens with zero attached hydrogens (tertiary/aromatic N) is 5. The Morgan fingerprint density at radius 2 is 1.86 bits per heavy atom. The van der Waals surface area contributed by atoms with Gasteiger partial charge in [0.2, 0.25) is 5.62 Å². The van der Waals surface area contributed by atoms with E-state index in [4.69, 9.17) is 5.84 Å². The van der Waals surface area contributed by atoms with E-state index in [1.807, 2.05) is 49.4 Å². The molecule has 0 spiro atoms. The lowest BCUT2D eigenvalue weighted by Crippen LogP contribution is -2.57. The van der Waals surface area contributed by atoms with Crippen LogP contribution in [-0.2, 0) is 13.1 Å². The first-order valence-electron chi connectivity index (χ1n) is 12.2. The van der Waals surface area contributed by atoms with Gasteiger partial charge in [-0.2, -0.15) is 4.68 Å². The summed E-state index contributed by atoms with van der Waals surface area (Å²) in [4.78, 5) is 43.0. The molecular formula is C26H31N7O3S. The number of aryl methyl sites for hydroxylation is 1. The molecule has 10 nitrogen and oxygen atoms in total. The molecule has 0 saturated heterocycles. The summed E-state index contributed by atoms with van der Waals surface area (Å²) in [5.41, 5.74) is 2.76. The van der Waals surface area contributed by atoms with E-state index < -0.39 is 11.4 Å². The number of hydrogen-bond acceptors (Lipinski definition) is 8. The van der Waals surface area contributed by atoms with Crippen LogP contribution < -0.4 is 28.2 Å². The van der Waals surface area contributed by atoms with Crippen molar-refractivity contribution in [2.24, 2.45) is 10.2 Å². The average Bonchev–Trinajstić information content (AvgIpc) is 3.32. The minimum absolute atomic E-state index is 0.0632. The molecule has 0 bridgehead atoms. The van der Waals surface area contributed by atoms with Gasteiger partial charge in [-0.05, 0) is 61.5 Å². The summed E-state index contributed by atoms with van der Waals surface area (Å²) in [5.74, 6) is 6.25. The molecule has 0 aliphatic carbocycles. The summed E-state index contributed by atoms with van der Waals surface area (Å²) in [5, 5.41) is 6.56. The molecule has 3 aromatic rings. The van der Waals surface area contributed by atoms with E-state index >= 15 is 0 Å². The SMILES string of the molecule is C=C(CCCCn1c(=O)n(N)/c(=N\c2ccc3c(c2)SC(CC)N3)n(Cc2ccc(C)cc2)c1=O)N=O. The predicted molar refractivity (Wildman–Crippen MR) is 147 cm³/mol. The molecule has 1 aliphatic heterocycles. The van der Waals surface area contributed by atoms with Crippen LogP contribution in [0.15, 0.2) is 79.4 Å². The molecule has 2 heterocycles. The Bertz CT molecular complexity index is 1500. The quantitative estimate of drug-likeness (QED) is 0.237. The topological polar surface area (TPSA) is 129 Å². The number of fused-ring (bicyclic) bond motifs is 1. The van der Waals surface area contributed by atoms with Gasteiger partial charge in [0.15, 0.2) is 0 Å². The summed E-state index contributed by atoms with van der Waals surface area (Å²) in [7, 11) is 0. The van der Waals surface area contributed by atoms with E-state index in [0.717, 1.165) is 37.4 Å². The summed E-state index contributed by atoms with van der Waals surface area (Å²) in [6.07, 6.45) is 2.42. The number of nitroso groups, excluding NO2 is 1. The monoisotopic (exact) mass is 521 g/mol. The normalized spacial score (nSPS) is 14.9. The average molecular weight is 522 g/mol. The number of benzene rings is 2. The minimum Gasteiger partial charge on any atom is -0.372 e. The first-order chi connectivity index (χ1) is 17.8. The predicted octanol–water partition coefficient (Wildman–Crippen LogP) is 3.82. The van der Waals surface area contributed by atoms with Gasteiger partial charge >= 0.3 is 11.4 Å². The highest BCUT2D eigenvalue weighted by atomic mass is 32.2. The highest BCUT2D eigenvalue weighted by Crippen LogP contribution is 2.41. The fourth-order valence-electron chi connectivity index (χ4n) is 4.08. The third-order valence-electron chi connectivity index (χ3n) is 6.19. The minimum atomic E-state index is -0.653. The van der Waals surface area contributed by atoms with E-state index in [-0.39, 0.29) is 24.4 Å². The van der Waals surface area contributed by atoms with Crippen molar-refractivity contribution in [1.82, 2.24) is 13.8 Å². The second kappa shape index (κ2) is 11.5. The third-order valence-corrected chi connectivity index (χ3v) is 7.52. The Hall–Kier alpha value is -3.86. The van der Waals surface area contributed by atoms with Crippen molar-refractivity contribution in [2.45, 2.75) is 62.9 Å². The first-order valence-corrected chi connectivity index (χ1v) is 13.1. The molecule has 0 radical (unpaired) electrons. The van der Waals surface area contributed by atoms with E-state index in [1.165, 1.54) is 4.57 Å². The van der Waals surface area contributed by atoms with E-state index in [0.29, 0.717) is 30.3 Å². The van der Waals surface area contributed by atoms with E-state index in [9.17, 15) is 14.5 Å². The summed E-state index contributed by atoms with van der Waals surface area (Å²) in [6, 6.07) is 13.5. The molecule has 11 heteroatoms. The van der Waals surface area contributed by atoms with Crippen molar-refractivity contribution in [1.29, 1.82) is 0 Å². The molecule has 0 saturated carbocycles. The van der Waals surface area contributed by atoms with Gasteiger partial charge in [-0.1, -0.05) is 55.1 Å². The number of unbranched alkanes of at least 4 members (excludes halogenated alkanes) is 1. The Balaban J connectivity index is 1.77. The maximum atomic E-state index is 13.6. The molecule has 2 aromatic carbocycles. The largest absolute Gasteiger partial charge is 0.372 e. The molecule has 1 atom stereocenters. The molecule has 4 rings (SSSR count). The molecule has 0 fully saturated rings. The molecule has 194 valence electrons. The van der Waals surface area contributed by atoms with Gasteiger partial charge in [0.05, 0.1) is 23.3 Å². The van der Waals surface area contributed by atoms with Gasteiger partial charge in [-0.25, -0.2) is 19.1 Å². The number of hydrogen-bond donors (Lipinski definition) is 2. The zero-order valence-electron chi connectivity index (χ0n) is 21.0. The summed E-state index contributed by atoms with van der Waals surface area (Å²) >= 11 is 1.72. The van der Waals surface area contributed by atoms with Gasteiger partial charge in [-0.3, -0.25) is 4.57 Å². The fourth-order valence-corrected chi connectivity index (χ4v) is 5.18. The van der Waals surface area contributed by atoms with Gasteiger partial charge in [0.1, 0.15) is 0 Å². The van der Waals surface area contributed by atoms with Crippen molar-refractivity contribution in [2.75, 3.05) is 11.2 Å². The van der Waals surface area contributed by atoms with Crippen molar-refractivity contribution >= 4 is 23.1 Å². The Morgan fingerprint density at radius 1 is 1.11 bits per heavy atom. The van der Waals surface area contributed by atoms with Crippen LogP contribution in [0.4, 0.5) is 11.4 Å². The Kier molecular flexibility index (Phi) is 8.12. The van der Waals surface area contributed by atoms with Gasteiger partial charge in [-0.15, -0.1) is 4.91 Å². The van der Waals surface area contributed by atoms with Gasteiger partial charge < -0.3 is 11.2 Å². The Labute approximate surface area is 218 Å². The summed E-state index contributed by atoms with van der Waals surface area (Å²) in [6.45, 7) is 8.01. The van der Waals surface area contributed by atoms with Crippen molar-refractivity contribution in [3.8, 4) is 0 Å². The molecule has 37 heavy (non-hydrogen) atoms. The van der Waals surface area contributed by atoms with Crippen molar-refractivity contribution in [3.05, 3.63) is 97.4 Å². The molecule has 3 N–H and O–H groups in total. The maximum absolute atomic E-state index is 13.6. The third kappa shape index (κ3) is 5.93. The van der Waals surface area contributed by atoms with Crippen LogP contribution in [0.3, 0.4) is 0 Å². The van der Waals surface area contributed by atoms with Gasteiger partial charge in [0, 0.05) is 17.1 Å². The number of nitrogen functional groups attached to an aromatic ring is 1. The van der Waals surface area contributed by atoms with Crippen LogP contribution in [0.5, 0.6) is 0 Å². The number of nitrogens with two attached hydrogens (primary N) is 1. The smallest absolute Gasteiger partial charge is 0.353 e. The number of rotatable bonds is 10. The van der Waals surface area contributed by atoms with Crippen LogP contribution in [0.25, 0.3) is 0 Å². The van der Waals surface area contributed by atoms with Crippen molar-refractivity contribution in [3.63, 3.8) is 0 Å². The standard InChI is InChI=1S/C26H31N7O3S/c1-4-23-29-21-13-12-20(15-22(21)37-23)28-24-32(16-19-10-8-17(2)9-11-19)25(34)31(26(35)33(24)27)14-6-5-7-18(3)30-36/h8-13,15,23,29H,3-7,14,16,27H2,1-2H3/b28-24-. The lowest BCUT2D eigenvalue weighted by Gasteiger charge is -2.14. The summed E-state index contributed by atoms with van der Waals surface area (Å²) < 4.78 is 3.46. The fraction of sp³-hybridized carbons (Fsp3) is 0.346. The highest BCUT2D eigenvalue weighted by Gasteiger charge is 2.20. The molecular weight excluding hydrogens is 490 g/mol. The lowest BCUT2D eigenvalue weighted by molar-refractivity contribution is 0.473. The zero-order valence-corrected chi connectivity index (χ0v) is 21.8. The number of thioether (sulfide) groups is 1. The van der Waals surface area contributed by atoms with Crippen LogP contribution in [0, 0.1) is 11.8 Å². The van der Waals surface area contributed by atoms with Crippen LogP contribution in [0.2, 0.25) is 0 Å². The van der Waals surface area contributed by atoms with Crippen LogP contribution in [-0.4, -0.2) is 19.2 Å². The second-order valence-corrected chi connectivity index (χ2v) is 10.3. The lowest BCUT2D eigenvalue weighted by atomic mass is 10.1. The van der Waals surface area contributed by atoms with Crippen LogP contribution >= 0.6 is 11.8 Å². The second-order valence-electron chi connectivity index (χ2n) is 9.02. The van der Waals surface area contributed by atoms with Crippen LogP contribution in [0.1, 0.15) is 43.7 Å². The Morgan fingerprint density at radius 3 is 2.57 bits per heavy atom. The van der Waals surface area contributed by atoms with E-state index in [2.05, 4.69) is 29.0 Å². The molecule has 1 aliphatic rings. The molecule has 1 unspecified atom stereocenters. The number of anilines is 1.